The predicted octanol–water partition coefficient (Wildman–Crippen LogP) is 2.56. The van der Waals surface area contributed by atoms with Crippen molar-refractivity contribution in [1.82, 2.24) is 9.47 Å². The summed E-state index contributed by atoms with van der Waals surface area (Å²) in [6.07, 6.45) is 0. The van der Waals surface area contributed by atoms with Gasteiger partial charge in [0, 0.05) is 30.2 Å². The number of ether oxygens (including phenoxy) is 1. The fourth-order valence-corrected chi connectivity index (χ4v) is 3.63. The lowest BCUT2D eigenvalue weighted by Gasteiger charge is -2.27. The van der Waals surface area contributed by atoms with Crippen LogP contribution < -0.4 is 10.9 Å². The fourth-order valence-electron chi connectivity index (χ4n) is 3.63. The SMILES string of the molecule is Cc1ccc(NC(=O)Cn2c(=O)cc(C(=O)N3CCOCC3)c3ccccc32)cc1F. The van der Waals surface area contributed by atoms with E-state index in [0.717, 1.165) is 0 Å². The van der Waals surface area contributed by atoms with E-state index in [1.165, 1.54) is 16.7 Å². The standard InChI is InChI=1S/C23H22FN3O4/c1-15-6-7-16(12-19(15)24)25-21(28)14-27-20-5-3-2-4-17(20)18(13-22(27)29)23(30)26-8-10-31-11-9-26/h2-7,12-13H,8-11,14H2,1H3,(H,25,28). The molecule has 7 nitrogen and oxygen atoms in total. The first-order chi connectivity index (χ1) is 14.9. The number of fused-ring (bicyclic) bond motifs is 1. The van der Waals surface area contributed by atoms with Gasteiger partial charge in [0.25, 0.3) is 11.5 Å². The number of carbonyl (C=O) groups excluding carboxylic acids is 2. The summed E-state index contributed by atoms with van der Waals surface area (Å²) in [7, 11) is 0. The molecule has 0 aliphatic carbocycles. The highest BCUT2D eigenvalue weighted by Gasteiger charge is 2.22. The van der Waals surface area contributed by atoms with E-state index in [1.807, 2.05) is 0 Å². The quantitative estimate of drug-likeness (QED) is 0.700. The van der Waals surface area contributed by atoms with Crippen LogP contribution in [0.5, 0.6) is 0 Å². The molecule has 160 valence electrons. The molecule has 1 N–H and O–H groups in total. The number of nitrogens with one attached hydrogen (secondary N) is 1. The lowest BCUT2D eigenvalue weighted by molar-refractivity contribution is -0.116. The molecule has 31 heavy (non-hydrogen) atoms. The highest BCUT2D eigenvalue weighted by molar-refractivity contribution is 6.06. The summed E-state index contributed by atoms with van der Waals surface area (Å²) in [5, 5.41) is 3.20. The summed E-state index contributed by atoms with van der Waals surface area (Å²) in [6.45, 7) is 3.21. The van der Waals surface area contributed by atoms with E-state index in [2.05, 4.69) is 5.32 Å². The van der Waals surface area contributed by atoms with E-state index in [4.69, 9.17) is 4.74 Å². The minimum Gasteiger partial charge on any atom is -0.378 e. The van der Waals surface area contributed by atoms with Gasteiger partial charge in [-0.3, -0.25) is 19.0 Å². The zero-order valence-corrected chi connectivity index (χ0v) is 17.1. The van der Waals surface area contributed by atoms with E-state index in [-0.39, 0.29) is 12.5 Å². The molecule has 1 saturated heterocycles. The van der Waals surface area contributed by atoms with Crippen molar-refractivity contribution in [3.8, 4) is 0 Å². The van der Waals surface area contributed by atoms with Gasteiger partial charge in [-0.05, 0) is 30.7 Å². The number of rotatable bonds is 4. The molecule has 3 aromatic rings. The molecule has 2 amide bonds. The zero-order valence-electron chi connectivity index (χ0n) is 17.1. The van der Waals surface area contributed by atoms with Crippen LogP contribution in [-0.2, 0) is 16.1 Å². The third-order valence-corrected chi connectivity index (χ3v) is 5.30. The van der Waals surface area contributed by atoms with E-state index in [9.17, 15) is 18.8 Å². The van der Waals surface area contributed by atoms with Gasteiger partial charge in [0.15, 0.2) is 0 Å². The molecule has 4 rings (SSSR count). The summed E-state index contributed by atoms with van der Waals surface area (Å²) >= 11 is 0. The maximum absolute atomic E-state index is 13.8. The highest BCUT2D eigenvalue weighted by atomic mass is 19.1. The zero-order chi connectivity index (χ0) is 22.0. The van der Waals surface area contributed by atoms with Crippen LogP contribution in [0.1, 0.15) is 15.9 Å². The van der Waals surface area contributed by atoms with Crippen molar-refractivity contribution in [1.29, 1.82) is 0 Å². The minimum absolute atomic E-state index is 0.233. The molecule has 2 heterocycles. The molecular weight excluding hydrogens is 401 g/mol. The van der Waals surface area contributed by atoms with Crippen molar-refractivity contribution < 1.29 is 18.7 Å². The Labute approximate surface area is 178 Å². The van der Waals surface area contributed by atoms with Gasteiger partial charge in [-0.25, -0.2) is 4.39 Å². The van der Waals surface area contributed by atoms with Crippen molar-refractivity contribution in [2.75, 3.05) is 31.6 Å². The summed E-state index contributed by atoms with van der Waals surface area (Å²) < 4.78 is 20.4. The van der Waals surface area contributed by atoms with Gasteiger partial charge in [-0.1, -0.05) is 24.3 Å². The number of aromatic nitrogens is 1. The number of anilines is 1. The Morgan fingerprint density at radius 3 is 2.58 bits per heavy atom. The summed E-state index contributed by atoms with van der Waals surface area (Å²) in [5.74, 6) is -1.13. The molecule has 2 aromatic carbocycles. The highest BCUT2D eigenvalue weighted by Crippen LogP contribution is 2.20. The number of carbonyl (C=O) groups is 2. The summed E-state index contributed by atoms with van der Waals surface area (Å²) in [6, 6.07) is 12.7. The van der Waals surface area contributed by atoms with Crippen LogP contribution in [0.4, 0.5) is 10.1 Å². The second-order valence-electron chi connectivity index (χ2n) is 7.42. The molecule has 0 spiro atoms. The van der Waals surface area contributed by atoms with Crippen LogP contribution in [0.15, 0.2) is 53.3 Å². The number of nitrogens with zero attached hydrogens (tertiary/aromatic N) is 2. The van der Waals surface area contributed by atoms with E-state index in [1.54, 1.807) is 48.2 Å². The normalized spacial score (nSPS) is 13.9. The summed E-state index contributed by atoms with van der Waals surface area (Å²) in [5.41, 5.74) is 1.11. The van der Waals surface area contributed by atoms with E-state index in [0.29, 0.717) is 54.0 Å². The van der Waals surface area contributed by atoms with Gasteiger partial charge in [-0.2, -0.15) is 0 Å². The number of pyridine rings is 1. The van der Waals surface area contributed by atoms with Gasteiger partial charge < -0.3 is 15.0 Å². The average molecular weight is 423 g/mol. The number of halogens is 1. The predicted molar refractivity (Wildman–Crippen MR) is 115 cm³/mol. The number of morpholine rings is 1. The Morgan fingerprint density at radius 1 is 1.10 bits per heavy atom. The lowest BCUT2D eigenvalue weighted by Crippen LogP contribution is -2.41. The topological polar surface area (TPSA) is 80.6 Å². The molecule has 1 aliphatic heterocycles. The third-order valence-electron chi connectivity index (χ3n) is 5.30. The number of amides is 2. The molecular formula is C23H22FN3O4. The van der Waals surface area contributed by atoms with Crippen molar-refractivity contribution in [3.05, 3.63) is 75.8 Å². The number of hydrogen-bond donors (Lipinski definition) is 1. The number of hydrogen-bond acceptors (Lipinski definition) is 4. The Hall–Kier alpha value is -3.52. The van der Waals surface area contributed by atoms with Crippen LogP contribution in [0.25, 0.3) is 10.9 Å². The van der Waals surface area contributed by atoms with Crippen molar-refractivity contribution in [2.24, 2.45) is 0 Å². The molecule has 8 heteroatoms. The van der Waals surface area contributed by atoms with E-state index >= 15 is 0 Å². The first-order valence-electron chi connectivity index (χ1n) is 9.99. The van der Waals surface area contributed by atoms with Crippen molar-refractivity contribution >= 4 is 28.4 Å². The van der Waals surface area contributed by atoms with Gasteiger partial charge in [0.05, 0.1) is 24.3 Å². The fraction of sp³-hybridized carbons (Fsp3) is 0.261. The molecule has 0 radical (unpaired) electrons. The maximum Gasteiger partial charge on any atom is 0.254 e. The molecule has 0 atom stereocenters. The molecule has 0 bridgehead atoms. The minimum atomic E-state index is -0.470. The molecule has 1 aromatic heterocycles. The first kappa shape index (κ1) is 20.7. The van der Waals surface area contributed by atoms with Gasteiger partial charge in [0.1, 0.15) is 12.4 Å². The maximum atomic E-state index is 13.8. The summed E-state index contributed by atoms with van der Waals surface area (Å²) in [4.78, 5) is 40.1. The Bertz CT molecular complexity index is 1220. The molecule has 1 fully saturated rings. The second kappa shape index (κ2) is 8.69. The van der Waals surface area contributed by atoms with Crippen LogP contribution in [0, 0.1) is 12.7 Å². The lowest BCUT2D eigenvalue weighted by atomic mass is 10.1. The van der Waals surface area contributed by atoms with E-state index < -0.39 is 17.3 Å². The second-order valence-corrected chi connectivity index (χ2v) is 7.42. The molecule has 1 aliphatic rings. The average Bonchev–Trinajstić information content (AvgIpc) is 2.78. The van der Waals surface area contributed by atoms with Gasteiger partial charge in [-0.15, -0.1) is 0 Å². The first-order valence-corrected chi connectivity index (χ1v) is 9.99. The Kier molecular flexibility index (Phi) is 5.81. The van der Waals surface area contributed by atoms with Crippen LogP contribution in [0.2, 0.25) is 0 Å². The van der Waals surface area contributed by atoms with Gasteiger partial charge in [0.2, 0.25) is 5.91 Å². The van der Waals surface area contributed by atoms with Crippen molar-refractivity contribution in [3.63, 3.8) is 0 Å². The monoisotopic (exact) mass is 423 g/mol. The van der Waals surface area contributed by atoms with Crippen LogP contribution in [-0.4, -0.2) is 47.6 Å². The van der Waals surface area contributed by atoms with Crippen molar-refractivity contribution in [2.45, 2.75) is 13.5 Å². The number of benzene rings is 2. The van der Waals surface area contributed by atoms with Crippen LogP contribution >= 0.6 is 0 Å². The Morgan fingerprint density at radius 2 is 1.84 bits per heavy atom. The molecule has 0 saturated carbocycles. The van der Waals surface area contributed by atoms with Crippen LogP contribution in [0.3, 0.4) is 0 Å². The third kappa shape index (κ3) is 4.34. The molecule has 0 unspecified atom stereocenters. The smallest absolute Gasteiger partial charge is 0.254 e. The Balaban J connectivity index is 1.65. The van der Waals surface area contributed by atoms with Gasteiger partial charge >= 0.3 is 0 Å². The number of aryl methyl sites for hydroxylation is 1. The number of para-hydroxylation sites is 1. The largest absolute Gasteiger partial charge is 0.378 e.